The van der Waals surface area contributed by atoms with E-state index in [-0.39, 0.29) is 5.57 Å². The highest BCUT2D eigenvalue weighted by molar-refractivity contribution is 6.39. The summed E-state index contributed by atoms with van der Waals surface area (Å²) in [6.07, 6.45) is 2.11. The minimum atomic E-state index is -0.815. The Hall–Kier alpha value is -3.52. The Bertz CT molecular complexity index is 1060. The van der Waals surface area contributed by atoms with Crippen LogP contribution in [0.4, 0.5) is 20.6 Å². The maximum Gasteiger partial charge on any atom is 0.335 e. The Kier molecular flexibility index (Phi) is 5.81. The van der Waals surface area contributed by atoms with E-state index in [9.17, 15) is 18.8 Å². The van der Waals surface area contributed by atoms with Gasteiger partial charge in [-0.3, -0.25) is 14.9 Å². The quantitative estimate of drug-likeness (QED) is 0.604. The molecule has 0 spiro atoms. The third kappa shape index (κ3) is 4.20. The summed E-state index contributed by atoms with van der Waals surface area (Å²) < 4.78 is 20.0. The topological polar surface area (TPSA) is 79.0 Å². The predicted molar refractivity (Wildman–Crippen MR) is 114 cm³/mol. The number of halogens is 1. The van der Waals surface area contributed by atoms with Gasteiger partial charge in [0, 0.05) is 13.1 Å². The molecule has 160 valence electrons. The number of nitrogens with zero attached hydrogens (tertiary/aromatic N) is 2. The number of hydrogen-bond acceptors (Lipinski definition) is 5. The molecule has 2 saturated heterocycles. The van der Waals surface area contributed by atoms with Crippen LogP contribution in [-0.4, -0.2) is 44.1 Å². The summed E-state index contributed by atoms with van der Waals surface area (Å²) in [6.45, 7) is 4.24. The lowest BCUT2D eigenvalue weighted by Crippen LogP contribution is -2.54. The second-order valence-corrected chi connectivity index (χ2v) is 7.29. The zero-order valence-electron chi connectivity index (χ0n) is 17.1. The lowest BCUT2D eigenvalue weighted by Gasteiger charge is -2.29. The van der Waals surface area contributed by atoms with Gasteiger partial charge in [0.25, 0.3) is 11.8 Å². The molecule has 0 unspecified atom stereocenters. The number of hydrogen-bond donors (Lipinski definition) is 1. The molecule has 2 fully saturated rings. The molecule has 4 amide bonds. The number of aryl methyl sites for hydroxylation is 1. The molecule has 0 aliphatic carbocycles. The van der Waals surface area contributed by atoms with Crippen molar-refractivity contribution in [2.24, 2.45) is 0 Å². The monoisotopic (exact) mass is 423 g/mol. The first kappa shape index (κ1) is 20.7. The van der Waals surface area contributed by atoms with Gasteiger partial charge in [-0.15, -0.1) is 0 Å². The number of urea groups is 1. The molecule has 0 radical (unpaired) electrons. The minimum Gasteiger partial charge on any atom is -0.378 e. The highest BCUT2D eigenvalue weighted by Crippen LogP contribution is 2.25. The number of carbonyl (C=O) groups excluding carboxylic acids is 3. The van der Waals surface area contributed by atoms with Crippen molar-refractivity contribution in [1.29, 1.82) is 0 Å². The first-order valence-electron chi connectivity index (χ1n) is 10.1. The van der Waals surface area contributed by atoms with Crippen LogP contribution in [0.15, 0.2) is 48.0 Å². The fraction of sp³-hybridized carbons (Fsp3) is 0.261. The number of morpholine rings is 1. The van der Waals surface area contributed by atoms with Crippen molar-refractivity contribution in [3.8, 4) is 0 Å². The number of benzene rings is 2. The largest absolute Gasteiger partial charge is 0.378 e. The van der Waals surface area contributed by atoms with Gasteiger partial charge in [-0.2, -0.15) is 0 Å². The first-order valence-corrected chi connectivity index (χ1v) is 10.1. The van der Waals surface area contributed by atoms with E-state index < -0.39 is 23.7 Å². The maximum absolute atomic E-state index is 14.7. The van der Waals surface area contributed by atoms with Crippen LogP contribution in [0.2, 0.25) is 0 Å². The van der Waals surface area contributed by atoms with E-state index in [4.69, 9.17) is 4.74 Å². The van der Waals surface area contributed by atoms with Crippen LogP contribution in [0, 0.1) is 5.82 Å². The molecular weight excluding hydrogens is 401 g/mol. The van der Waals surface area contributed by atoms with Gasteiger partial charge >= 0.3 is 6.03 Å². The minimum absolute atomic E-state index is 0.238. The summed E-state index contributed by atoms with van der Waals surface area (Å²) in [7, 11) is 0. The van der Waals surface area contributed by atoms with Crippen molar-refractivity contribution in [2.45, 2.75) is 13.3 Å². The number of anilines is 2. The SMILES string of the molecule is CCc1ccc(N2C(=O)NC(=O)/C(=C\c3ccc(N4CCOCC4)c(F)c3)C2=O)cc1. The van der Waals surface area contributed by atoms with Crippen LogP contribution < -0.4 is 15.1 Å². The van der Waals surface area contributed by atoms with Gasteiger partial charge in [-0.05, 0) is 47.9 Å². The normalized spacial score (nSPS) is 18.5. The lowest BCUT2D eigenvalue weighted by atomic mass is 10.1. The van der Waals surface area contributed by atoms with Crippen LogP contribution >= 0.6 is 0 Å². The second-order valence-electron chi connectivity index (χ2n) is 7.29. The summed E-state index contributed by atoms with van der Waals surface area (Å²) in [6, 6.07) is 10.6. The zero-order valence-corrected chi connectivity index (χ0v) is 17.1. The van der Waals surface area contributed by atoms with Crippen molar-refractivity contribution in [3.63, 3.8) is 0 Å². The van der Waals surface area contributed by atoms with E-state index >= 15 is 0 Å². The molecule has 4 rings (SSSR count). The van der Waals surface area contributed by atoms with Crippen molar-refractivity contribution in [1.82, 2.24) is 5.32 Å². The van der Waals surface area contributed by atoms with Gasteiger partial charge in [-0.1, -0.05) is 25.1 Å². The van der Waals surface area contributed by atoms with Crippen molar-refractivity contribution in [2.75, 3.05) is 36.1 Å². The molecule has 0 atom stereocenters. The molecule has 2 aromatic rings. The van der Waals surface area contributed by atoms with E-state index in [1.165, 1.54) is 12.1 Å². The molecule has 2 aliphatic heterocycles. The standard InChI is InChI=1S/C23H22FN3O4/c1-2-15-3-6-17(7-4-15)27-22(29)18(21(28)25-23(27)30)13-16-5-8-20(19(24)14-16)26-9-11-31-12-10-26/h3-8,13-14H,2,9-12H2,1H3,(H,25,28,30)/b18-13+. The fourth-order valence-corrected chi connectivity index (χ4v) is 3.61. The molecule has 0 aromatic heterocycles. The van der Waals surface area contributed by atoms with E-state index in [1.807, 2.05) is 24.0 Å². The second kappa shape index (κ2) is 8.69. The van der Waals surface area contributed by atoms with Gasteiger partial charge in [0.1, 0.15) is 11.4 Å². The maximum atomic E-state index is 14.7. The first-order chi connectivity index (χ1) is 15.0. The number of amides is 4. The van der Waals surface area contributed by atoms with Crippen molar-refractivity contribution in [3.05, 3.63) is 65.0 Å². The van der Waals surface area contributed by atoms with Crippen LogP contribution in [0.5, 0.6) is 0 Å². The van der Waals surface area contributed by atoms with Crippen molar-refractivity contribution < 1.29 is 23.5 Å². The highest BCUT2D eigenvalue weighted by atomic mass is 19.1. The Labute approximate surface area is 179 Å². The third-order valence-electron chi connectivity index (χ3n) is 5.34. The summed E-state index contributed by atoms with van der Waals surface area (Å²) in [5.74, 6) is -2.02. The Morgan fingerprint density at radius 1 is 1.06 bits per heavy atom. The number of barbiturate groups is 1. The highest BCUT2D eigenvalue weighted by Gasteiger charge is 2.36. The van der Waals surface area contributed by atoms with Gasteiger partial charge in [-0.25, -0.2) is 14.1 Å². The van der Waals surface area contributed by atoms with Gasteiger partial charge in [0.05, 0.1) is 24.6 Å². The molecule has 2 aliphatic rings. The van der Waals surface area contributed by atoms with E-state index in [0.29, 0.717) is 43.2 Å². The molecule has 1 N–H and O–H groups in total. The number of rotatable bonds is 4. The lowest BCUT2D eigenvalue weighted by molar-refractivity contribution is -0.122. The molecule has 0 saturated carbocycles. The molecule has 2 heterocycles. The van der Waals surface area contributed by atoms with E-state index in [0.717, 1.165) is 16.9 Å². The summed E-state index contributed by atoms with van der Waals surface area (Å²) >= 11 is 0. The summed E-state index contributed by atoms with van der Waals surface area (Å²) in [5.41, 5.74) is 1.96. The van der Waals surface area contributed by atoms with Gasteiger partial charge in [0.2, 0.25) is 0 Å². The molecule has 7 nitrogen and oxygen atoms in total. The van der Waals surface area contributed by atoms with Crippen LogP contribution in [0.25, 0.3) is 6.08 Å². The van der Waals surface area contributed by atoms with Gasteiger partial charge in [0.15, 0.2) is 0 Å². The Morgan fingerprint density at radius 2 is 1.77 bits per heavy atom. The average molecular weight is 423 g/mol. The summed E-state index contributed by atoms with van der Waals surface area (Å²) in [5, 5.41) is 2.18. The Balaban J connectivity index is 1.62. The molecule has 31 heavy (non-hydrogen) atoms. The average Bonchev–Trinajstić information content (AvgIpc) is 2.77. The zero-order chi connectivity index (χ0) is 22.0. The molecular formula is C23H22FN3O4. The Morgan fingerprint density at radius 3 is 2.42 bits per heavy atom. The molecule has 2 aromatic carbocycles. The predicted octanol–water partition coefficient (Wildman–Crippen LogP) is 2.89. The molecule has 0 bridgehead atoms. The van der Waals surface area contributed by atoms with E-state index in [2.05, 4.69) is 5.32 Å². The third-order valence-corrected chi connectivity index (χ3v) is 5.34. The van der Waals surface area contributed by atoms with E-state index in [1.54, 1.807) is 24.3 Å². The van der Waals surface area contributed by atoms with Crippen LogP contribution in [-0.2, 0) is 20.7 Å². The number of imide groups is 2. The molecule has 8 heteroatoms. The van der Waals surface area contributed by atoms with Crippen LogP contribution in [0.3, 0.4) is 0 Å². The summed E-state index contributed by atoms with van der Waals surface area (Å²) in [4.78, 5) is 40.4. The van der Waals surface area contributed by atoms with Crippen LogP contribution in [0.1, 0.15) is 18.1 Å². The fourth-order valence-electron chi connectivity index (χ4n) is 3.61. The number of ether oxygens (including phenoxy) is 1. The number of nitrogens with one attached hydrogen (secondary N) is 1. The number of carbonyl (C=O) groups is 3. The smallest absolute Gasteiger partial charge is 0.335 e. The van der Waals surface area contributed by atoms with Gasteiger partial charge < -0.3 is 9.64 Å². The van der Waals surface area contributed by atoms with Crippen molar-refractivity contribution >= 4 is 35.3 Å².